The second-order valence-corrected chi connectivity index (χ2v) is 6.18. The van der Waals surface area contributed by atoms with Crippen LogP contribution >= 0.6 is 0 Å². The smallest absolute Gasteiger partial charge is 0.306 e. The van der Waals surface area contributed by atoms with Crippen LogP contribution in [-0.4, -0.2) is 23.5 Å². The molecule has 23 heavy (non-hydrogen) atoms. The van der Waals surface area contributed by atoms with Crippen molar-refractivity contribution in [1.29, 1.82) is 0 Å². The lowest BCUT2D eigenvalue weighted by Crippen LogP contribution is -2.35. The zero-order valence-electron chi connectivity index (χ0n) is 13.0. The van der Waals surface area contributed by atoms with Crippen molar-refractivity contribution in [2.24, 2.45) is 11.8 Å². The highest BCUT2D eigenvalue weighted by atomic mass is 16.4. The van der Waals surface area contributed by atoms with Crippen molar-refractivity contribution in [2.75, 3.05) is 6.54 Å². The number of hydrogen-bond donors (Lipinski definition) is 2. The normalized spacial score (nSPS) is 21.2. The number of hydrogen-bond acceptors (Lipinski definition) is 3. The Labute approximate surface area is 134 Å². The van der Waals surface area contributed by atoms with Crippen LogP contribution in [0.3, 0.4) is 0 Å². The van der Waals surface area contributed by atoms with Crippen LogP contribution in [0.1, 0.15) is 31.4 Å². The lowest BCUT2D eigenvalue weighted by molar-refractivity contribution is -0.144. The molecule has 2 aromatic rings. The van der Waals surface area contributed by atoms with Crippen molar-refractivity contribution in [3.63, 3.8) is 0 Å². The fourth-order valence-corrected chi connectivity index (χ4v) is 3.22. The molecule has 0 radical (unpaired) electrons. The zero-order valence-corrected chi connectivity index (χ0v) is 13.0. The summed E-state index contributed by atoms with van der Waals surface area (Å²) in [6, 6.07) is 9.83. The standard InChI is InChI=1S/C18H21NO4/c20-17(12-5-7-13(8-6-12)18(21)22)19-10-9-15-11-14-3-1-2-4-16(14)23-15/h1-4,11-13H,5-10H2,(H,19,20)(H,21,22). The van der Waals surface area contributed by atoms with Crippen LogP contribution < -0.4 is 5.32 Å². The maximum atomic E-state index is 12.1. The van der Waals surface area contributed by atoms with Crippen molar-refractivity contribution >= 4 is 22.8 Å². The van der Waals surface area contributed by atoms with E-state index in [0.29, 0.717) is 38.6 Å². The van der Waals surface area contributed by atoms with Crippen LogP contribution in [-0.2, 0) is 16.0 Å². The molecular weight excluding hydrogens is 294 g/mol. The average molecular weight is 315 g/mol. The maximum Gasteiger partial charge on any atom is 0.306 e. The quantitative estimate of drug-likeness (QED) is 0.889. The monoisotopic (exact) mass is 315 g/mol. The highest BCUT2D eigenvalue weighted by molar-refractivity contribution is 5.79. The Bertz CT molecular complexity index is 665. The number of furan rings is 1. The summed E-state index contributed by atoms with van der Waals surface area (Å²) in [5.74, 6) is -0.185. The van der Waals surface area contributed by atoms with Crippen LogP contribution in [0.25, 0.3) is 11.0 Å². The van der Waals surface area contributed by atoms with Crippen LogP contribution in [0.4, 0.5) is 0 Å². The Hall–Kier alpha value is -2.30. The van der Waals surface area contributed by atoms with Crippen LogP contribution in [0.5, 0.6) is 0 Å². The van der Waals surface area contributed by atoms with Crippen molar-refractivity contribution in [1.82, 2.24) is 5.32 Å². The Morgan fingerprint density at radius 2 is 1.83 bits per heavy atom. The van der Waals surface area contributed by atoms with Crippen molar-refractivity contribution in [3.05, 3.63) is 36.1 Å². The molecule has 3 rings (SSSR count). The second kappa shape index (κ2) is 6.86. The van der Waals surface area contributed by atoms with Gasteiger partial charge in [-0.05, 0) is 37.8 Å². The third kappa shape index (κ3) is 3.73. The second-order valence-electron chi connectivity index (χ2n) is 6.18. The number of amides is 1. The molecule has 1 aromatic heterocycles. The van der Waals surface area contributed by atoms with E-state index in [1.807, 2.05) is 30.3 Å². The molecule has 122 valence electrons. The first kappa shape index (κ1) is 15.6. The molecule has 1 aliphatic rings. The molecule has 1 fully saturated rings. The third-order valence-corrected chi connectivity index (χ3v) is 4.59. The zero-order chi connectivity index (χ0) is 16.2. The highest BCUT2D eigenvalue weighted by Crippen LogP contribution is 2.29. The summed E-state index contributed by atoms with van der Waals surface area (Å²) >= 11 is 0. The number of benzene rings is 1. The molecule has 0 spiro atoms. The first-order valence-corrected chi connectivity index (χ1v) is 8.11. The number of carboxylic acids is 1. The molecular formula is C18H21NO4. The van der Waals surface area contributed by atoms with E-state index in [9.17, 15) is 9.59 Å². The van der Waals surface area contributed by atoms with Crippen molar-refractivity contribution in [3.8, 4) is 0 Å². The lowest BCUT2D eigenvalue weighted by atomic mass is 9.81. The maximum absolute atomic E-state index is 12.1. The topological polar surface area (TPSA) is 79.5 Å². The summed E-state index contributed by atoms with van der Waals surface area (Å²) in [6.45, 7) is 0.539. The number of fused-ring (bicyclic) bond motifs is 1. The highest BCUT2D eigenvalue weighted by Gasteiger charge is 2.29. The van der Waals surface area contributed by atoms with Gasteiger partial charge >= 0.3 is 5.97 Å². The Balaban J connectivity index is 1.45. The Kier molecular flexibility index (Phi) is 4.65. The van der Waals surface area contributed by atoms with Gasteiger partial charge in [-0.3, -0.25) is 9.59 Å². The lowest BCUT2D eigenvalue weighted by Gasteiger charge is -2.25. The summed E-state index contributed by atoms with van der Waals surface area (Å²) in [5.41, 5.74) is 0.862. The molecule has 1 heterocycles. The van der Waals surface area contributed by atoms with Gasteiger partial charge in [-0.15, -0.1) is 0 Å². The van der Waals surface area contributed by atoms with E-state index < -0.39 is 5.97 Å². The molecule has 0 aliphatic heterocycles. The fourth-order valence-electron chi connectivity index (χ4n) is 3.22. The molecule has 5 nitrogen and oxygen atoms in total. The molecule has 1 saturated carbocycles. The van der Waals surface area contributed by atoms with E-state index in [2.05, 4.69) is 5.32 Å². The predicted molar refractivity (Wildman–Crippen MR) is 86.0 cm³/mol. The molecule has 0 bridgehead atoms. The van der Waals surface area contributed by atoms with Crippen molar-refractivity contribution < 1.29 is 19.1 Å². The number of carbonyl (C=O) groups is 2. The van der Waals surface area contributed by atoms with Crippen LogP contribution in [0.15, 0.2) is 34.7 Å². The summed E-state index contributed by atoms with van der Waals surface area (Å²) in [5, 5.41) is 13.0. The predicted octanol–water partition coefficient (Wildman–Crippen LogP) is 2.98. The number of nitrogens with one attached hydrogen (secondary N) is 1. The molecule has 1 amide bonds. The van der Waals surface area contributed by atoms with E-state index >= 15 is 0 Å². The van der Waals surface area contributed by atoms with E-state index in [1.54, 1.807) is 0 Å². The summed E-state index contributed by atoms with van der Waals surface area (Å²) < 4.78 is 5.72. The summed E-state index contributed by atoms with van der Waals surface area (Å²) in [6.07, 6.45) is 3.17. The van der Waals surface area contributed by atoms with Gasteiger partial charge in [-0.1, -0.05) is 18.2 Å². The van der Waals surface area contributed by atoms with Crippen LogP contribution in [0, 0.1) is 11.8 Å². The van der Waals surface area contributed by atoms with Gasteiger partial charge in [0, 0.05) is 24.3 Å². The molecule has 5 heteroatoms. The molecule has 1 aliphatic carbocycles. The van der Waals surface area contributed by atoms with E-state index in [1.165, 1.54) is 0 Å². The largest absolute Gasteiger partial charge is 0.481 e. The number of carboxylic acid groups (broad SMARTS) is 1. The van der Waals surface area contributed by atoms with Crippen LogP contribution in [0.2, 0.25) is 0 Å². The minimum Gasteiger partial charge on any atom is -0.481 e. The van der Waals surface area contributed by atoms with Gasteiger partial charge in [0.15, 0.2) is 0 Å². The number of carbonyl (C=O) groups excluding carboxylic acids is 1. The van der Waals surface area contributed by atoms with E-state index in [-0.39, 0.29) is 17.7 Å². The molecule has 1 aromatic carbocycles. The van der Waals surface area contributed by atoms with Gasteiger partial charge in [-0.2, -0.15) is 0 Å². The van der Waals surface area contributed by atoms with Gasteiger partial charge < -0.3 is 14.8 Å². The summed E-state index contributed by atoms with van der Waals surface area (Å²) in [7, 11) is 0. The van der Waals surface area contributed by atoms with Gasteiger partial charge in [0.1, 0.15) is 11.3 Å². The Morgan fingerprint density at radius 3 is 2.52 bits per heavy atom. The molecule has 2 N–H and O–H groups in total. The first-order chi connectivity index (χ1) is 11.1. The van der Waals surface area contributed by atoms with Gasteiger partial charge in [-0.25, -0.2) is 0 Å². The SMILES string of the molecule is O=C(O)C1CCC(C(=O)NCCc2cc3ccccc3o2)CC1. The number of aliphatic carboxylic acids is 1. The van der Waals surface area contributed by atoms with E-state index in [4.69, 9.17) is 9.52 Å². The molecule has 0 atom stereocenters. The van der Waals surface area contributed by atoms with Gasteiger partial charge in [0.2, 0.25) is 5.91 Å². The average Bonchev–Trinajstić information content (AvgIpc) is 2.97. The van der Waals surface area contributed by atoms with Crippen molar-refractivity contribution in [2.45, 2.75) is 32.1 Å². The minimum absolute atomic E-state index is 0.0324. The molecule has 0 saturated heterocycles. The number of para-hydroxylation sites is 1. The fraction of sp³-hybridized carbons (Fsp3) is 0.444. The molecule has 0 unspecified atom stereocenters. The van der Waals surface area contributed by atoms with Gasteiger partial charge in [0.05, 0.1) is 5.92 Å². The summed E-state index contributed by atoms with van der Waals surface area (Å²) in [4.78, 5) is 23.1. The third-order valence-electron chi connectivity index (χ3n) is 4.59. The first-order valence-electron chi connectivity index (χ1n) is 8.11. The van der Waals surface area contributed by atoms with E-state index in [0.717, 1.165) is 16.7 Å². The Morgan fingerprint density at radius 1 is 1.13 bits per heavy atom. The van der Waals surface area contributed by atoms with Gasteiger partial charge in [0.25, 0.3) is 0 Å². The number of rotatable bonds is 5. The minimum atomic E-state index is -0.742.